The largest absolute Gasteiger partial charge is 0.334 e. The molecule has 1 aromatic rings. The fourth-order valence-electron chi connectivity index (χ4n) is 3.60. The van der Waals surface area contributed by atoms with Gasteiger partial charge in [0.2, 0.25) is 0 Å². The number of benzene rings is 1. The minimum atomic E-state index is 0.215. The third-order valence-electron chi connectivity index (χ3n) is 5.19. The van der Waals surface area contributed by atoms with E-state index in [1.54, 1.807) is 11.8 Å². The molecule has 1 saturated heterocycles. The van der Waals surface area contributed by atoms with Gasteiger partial charge in [-0.2, -0.15) is 0 Å². The average Bonchev–Trinajstić information content (AvgIpc) is 3.04. The SMILES string of the molecule is CSc1ccccc1C(=O)N(CC1(C)CCC1)C1CCNC1. The molecule has 1 aliphatic carbocycles. The zero-order valence-electron chi connectivity index (χ0n) is 13.6. The minimum absolute atomic E-state index is 0.215. The zero-order valence-corrected chi connectivity index (χ0v) is 14.4. The highest BCUT2D eigenvalue weighted by atomic mass is 32.2. The van der Waals surface area contributed by atoms with Gasteiger partial charge in [0, 0.05) is 24.0 Å². The molecule has 4 heteroatoms. The van der Waals surface area contributed by atoms with E-state index in [0.717, 1.165) is 36.5 Å². The Morgan fingerprint density at radius 1 is 1.41 bits per heavy atom. The highest BCUT2D eigenvalue weighted by molar-refractivity contribution is 7.98. The smallest absolute Gasteiger partial charge is 0.255 e. The second-order valence-electron chi connectivity index (χ2n) is 6.94. The van der Waals surface area contributed by atoms with E-state index in [2.05, 4.69) is 17.1 Å². The number of rotatable bonds is 5. The zero-order chi connectivity index (χ0) is 15.6. The molecule has 1 atom stereocenters. The summed E-state index contributed by atoms with van der Waals surface area (Å²) in [4.78, 5) is 16.5. The first kappa shape index (κ1) is 15.9. The Kier molecular flexibility index (Phi) is 4.79. The van der Waals surface area contributed by atoms with Crippen molar-refractivity contribution < 1.29 is 4.79 Å². The molecule has 0 aromatic heterocycles. The van der Waals surface area contributed by atoms with Crippen LogP contribution in [-0.4, -0.2) is 42.7 Å². The molecule has 0 spiro atoms. The maximum atomic E-state index is 13.2. The van der Waals surface area contributed by atoms with Gasteiger partial charge < -0.3 is 10.2 Å². The van der Waals surface area contributed by atoms with Gasteiger partial charge >= 0.3 is 0 Å². The first-order valence-corrected chi connectivity index (χ1v) is 9.50. The van der Waals surface area contributed by atoms with Crippen LogP contribution < -0.4 is 5.32 Å². The summed E-state index contributed by atoms with van der Waals surface area (Å²) >= 11 is 1.66. The molecule has 1 aromatic carbocycles. The van der Waals surface area contributed by atoms with Crippen molar-refractivity contribution in [1.29, 1.82) is 0 Å². The van der Waals surface area contributed by atoms with Crippen molar-refractivity contribution in [3.05, 3.63) is 29.8 Å². The summed E-state index contributed by atoms with van der Waals surface area (Å²) in [5.74, 6) is 0.215. The van der Waals surface area contributed by atoms with Crippen molar-refractivity contribution in [2.45, 2.75) is 43.5 Å². The Labute approximate surface area is 137 Å². The van der Waals surface area contributed by atoms with Gasteiger partial charge in [-0.3, -0.25) is 4.79 Å². The lowest BCUT2D eigenvalue weighted by molar-refractivity contribution is 0.0422. The predicted molar refractivity (Wildman–Crippen MR) is 92.5 cm³/mol. The molecule has 1 heterocycles. The molecule has 0 radical (unpaired) electrons. The van der Waals surface area contributed by atoms with Gasteiger partial charge in [0.25, 0.3) is 5.91 Å². The topological polar surface area (TPSA) is 32.3 Å². The Balaban J connectivity index is 1.85. The quantitative estimate of drug-likeness (QED) is 0.845. The third kappa shape index (κ3) is 3.18. The van der Waals surface area contributed by atoms with E-state index in [0.29, 0.717) is 11.5 Å². The Morgan fingerprint density at radius 2 is 2.18 bits per heavy atom. The van der Waals surface area contributed by atoms with Gasteiger partial charge in [-0.15, -0.1) is 11.8 Å². The van der Waals surface area contributed by atoms with Crippen molar-refractivity contribution in [3.8, 4) is 0 Å². The Bertz CT molecular complexity index is 536. The number of thioether (sulfide) groups is 1. The van der Waals surface area contributed by atoms with E-state index in [1.165, 1.54) is 19.3 Å². The van der Waals surface area contributed by atoms with Gasteiger partial charge in [-0.05, 0) is 49.6 Å². The molecule has 2 aliphatic rings. The normalized spacial score (nSPS) is 23.1. The summed E-state index contributed by atoms with van der Waals surface area (Å²) in [7, 11) is 0. The van der Waals surface area contributed by atoms with Gasteiger partial charge in [-0.25, -0.2) is 0 Å². The Morgan fingerprint density at radius 3 is 2.77 bits per heavy atom. The van der Waals surface area contributed by atoms with Crippen LogP contribution in [0.2, 0.25) is 0 Å². The van der Waals surface area contributed by atoms with Crippen molar-refractivity contribution in [1.82, 2.24) is 10.2 Å². The second kappa shape index (κ2) is 6.63. The number of nitrogens with one attached hydrogen (secondary N) is 1. The second-order valence-corrected chi connectivity index (χ2v) is 7.79. The molecular formula is C18H26N2OS. The van der Waals surface area contributed by atoms with Crippen molar-refractivity contribution in [2.24, 2.45) is 5.41 Å². The van der Waals surface area contributed by atoms with Crippen LogP contribution in [0.25, 0.3) is 0 Å². The monoisotopic (exact) mass is 318 g/mol. The van der Waals surface area contributed by atoms with Crippen LogP contribution in [0.1, 0.15) is 43.0 Å². The van der Waals surface area contributed by atoms with Crippen molar-refractivity contribution in [2.75, 3.05) is 25.9 Å². The standard InChI is InChI=1S/C18H26N2OS/c1-18(9-5-10-18)13-20(14-8-11-19-12-14)17(21)15-6-3-4-7-16(15)22-2/h3-4,6-7,14,19H,5,8-13H2,1-2H3. The first-order valence-electron chi connectivity index (χ1n) is 8.28. The molecule has 1 amide bonds. The fraction of sp³-hybridized carbons (Fsp3) is 0.611. The van der Waals surface area contributed by atoms with Crippen LogP contribution >= 0.6 is 11.8 Å². The predicted octanol–water partition coefficient (Wildman–Crippen LogP) is 3.40. The van der Waals surface area contributed by atoms with E-state index >= 15 is 0 Å². The lowest BCUT2D eigenvalue weighted by atomic mass is 9.70. The number of nitrogens with zero attached hydrogens (tertiary/aromatic N) is 1. The number of carbonyl (C=O) groups is 1. The number of carbonyl (C=O) groups excluding carboxylic acids is 1. The molecule has 3 nitrogen and oxygen atoms in total. The maximum absolute atomic E-state index is 13.2. The summed E-state index contributed by atoms with van der Waals surface area (Å²) in [5.41, 5.74) is 1.19. The molecule has 1 unspecified atom stereocenters. The number of hydrogen-bond donors (Lipinski definition) is 1. The van der Waals surface area contributed by atoms with Crippen LogP contribution in [0, 0.1) is 5.41 Å². The lowest BCUT2D eigenvalue weighted by Gasteiger charge is -2.44. The first-order chi connectivity index (χ1) is 10.6. The van der Waals surface area contributed by atoms with Crippen LogP contribution in [-0.2, 0) is 0 Å². The molecule has 22 heavy (non-hydrogen) atoms. The van der Waals surface area contributed by atoms with E-state index in [1.807, 2.05) is 30.5 Å². The molecule has 3 rings (SSSR count). The van der Waals surface area contributed by atoms with Crippen molar-refractivity contribution in [3.63, 3.8) is 0 Å². The van der Waals surface area contributed by atoms with E-state index < -0.39 is 0 Å². The highest BCUT2D eigenvalue weighted by Crippen LogP contribution is 2.41. The van der Waals surface area contributed by atoms with Crippen LogP contribution in [0.15, 0.2) is 29.2 Å². The maximum Gasteiger partial charge on any atom is 0.255 e. The van der Waals surface area contributed by atoms with E-state index in [9.17, 15) is 4.79 Å². The van der Waals surface area contributed by atoms with Crippen LogP contribution in [0.5, 0.6) is 0 Å². The third-order valence-corrected chi connectivity index (χ3v) is 5.98. The van der Waals surface area contributed by atoms with Gasteiger partial charge in [0.05, 0.1) is 5.56 Å². The summed E-state index contributed by atoms with van der Waals surface area (Å²) in [6.45, 7) is 5.19. The van der Waals surface area contributed by atoms with Crippen molar-refractivity contribution >= 4 is 17.7 Å². The fourth-order valence-corrected chi connectivity index (χ4v) is 4.19. The summed E-state index contributed by atoms with van der Waals surface area (Å²) in [6.07, 6.45) is 6.93. The number of amides is 1. The molecular weight excluding hydrogens is 292 g/mol. The summed E-state index contributed by atoms with van der Waals surface area (Å²) in [5, 5.41) is 3.41. The summed E-state index contributed by atoms with van der Waals surface area (Å²) in [6, 6.07) is 8.36. The molecule has 1 aliphatic heterocycles. The molecule has 0 bridgehead atoms. The minimum Gasteiger partial charge on any atom is -0.334 e. The molecule has 1 saturated carbocycles. The summed E-state index contributed by atoms with van der Waals surface area (Å²) < 4.78 is 0. The van der Waals surface area contributed by atoms with Crippen LogP contribution in [0.3, 0.4) is 0 Å². The molecule has 2 fully saturated rings. The Hall–Kier alpha value is -1.00. The van der Waals surface area contributed by atoms with Gasteiger partial charge in [-0.1, -0.05) is 25.5 Å². The highest BCUT2D eigenvalue weighted by Gasteiger charge is 2.38. The lowest BCUT2D eigenvalue weighted by Crippen LogP contribution is -2.49. The number of hydrogen-bond acceptors (Lipinski definition) is 3. The molecule has 120 valence electrons. The van der Waals surface area contributed by atoms with E-state index in [-0.39, 0.29) is 5.91 Å². The van der Waals surface area contributed by atoms with Crippen LogP contribution in [0.4, 0.5) is 0 Å². The van der Waals surface area contributed by atoms with Gasteiger partial charge in [0.1, 0.15) is 0 Å². The molecule has 1 N–H and O–H groups in total. The average molecular weight is 318 g/mol. The van der Waals surface area contributed by atoms with E-state index in [4.69, 9.17) is 0 Å². The van der Waals surface area contributed by atoms with Gasteiger partial charge in [0.15, 0.2) is 0 Å².